The Balaban J connectivity index is 2.04. The number of carbonyl (C=O) groups excluding carboxylic acids is 1. The zero-order valence-electron chi connectivity index (χ0n) is 9.30. The lowest BCUT2D eigenvalue weighted by molar-refractivity contribution is 0.0947. The van der Waals surface area contributed by atoms with Gasteiger partial charge in [-0.15, -0.1) is 0 Å². The number of aromatic nitrogens is 1. The van der Waals surface area contributed by atoms with Crippen LogP contribution >= 0.6 is 0 Å². The average Bonchev–Trinajstić information content (AvgIpc) is 2.78. The Morgan fingerprint density at radius 1 is 1.47 bits per heavy atom. The molecule has 5 nitrogen and oxygen atoms in total. The first-order valence-corrected chi connectivity index (χ1v) is 5.14. The first-order valence-electron chi connectivity index (χ1n) is 5.14. The quantitative estimate of drug-likeness (QED) is 0.843. The monoisotopic (exact) mass is 232 g/mol. The molecule has 1 aromatic heterocycles. The lowest BCUT2D eigenvalue weighted by atomic mass is 10.1. The van der Waals surface area contributed by atoms with Crippen molar-refractivity contribution >= 4 is 5.91 Å². The molecule has 0 saturated carbocycles. The van der Waals surface area contributed by atoms with Crippen LogP contribution in [0.4, 0.5) is 0 Å². The predicted octanol–water partition coefficient (Wildman–Crippen LogP) is 1.62. The van der Waals surface area contributed by atoms with Crippen LogP contribution in [0.3, 0.4) is 0 Å². The molecule has 88 valence electrons. The minimum Gasteiger partial charge on any atom is -0.507 e. The maximum absolute atomic E-state index is 11.7. The van der Waals surface area contributed by atoms with Gasteiger partial charge in [0.15, 0.2) is 0 Å². The molecule has 1 amide bonds. The zero-order valence-corrected chi connectivity index (χ0v) is 9.30. The molecule has 0 spiro atoms. The van der Waals surface area contributed by atoms with E-state index >= 15 is 0 Å². The van der Waals surface area contributed by atoms with E-state index in [0.717, 1.165) is 5.56 Å². The van der Waals surface area contributed by atoms with E-state index in [9.17, 15) is 9.90 Å². The highest BCUT2D eigenvalue weighted by molar-refractivity contribution is 5.96. The standard InChI is InChI=1S/C12H12N2O3/c1-8-2-3-10(11(15)6-8)12(16)13-7-9-4-5-17-14-9/h2-6,15H,7H2,1H3,(H,13,16). The Labute approximate surface area is 98.1 Å². The van der Waals surface area contributed by atoms with Crippen molar-refractivity contribution in [3.05, 3.63) is 47.3 Å². The summed E-state index contributed by atoms with van der Waals surface area (Å²) >= 11 is 0. The topological polar surface area (TPSA) is 75.4 Å². The molecule has 0 aliphatic carbocycles. The summed E-state index contributed by atoms with van der Waals surface area (Å²) in [5.74, 6) is -0.367. The molecule has 0 fully saturated rings. The summed E-state index contributed by atoms with van der Waals surface area (Å²) in [4.78, 5) is 11.7. The van der Waals surface area contributed by atoms with Crippen molar-refractivity contribution in [1.82, 2.24) is 10.5 Å². The van der Waals surface area contributed by atoms with E-state index in [1.807, 2.05) is 6.92 Å². The second-order valence-electron chi connectivity index (χ2n) is 3.69. The molecule has 0 saturated heterocycles. The molecule has 0 bridgehead atoms. The Morgan fingerprint density at radius 3 is 2.94 bits per heavy atom. The first-order chi connectivity index (χ1) is 8.16. The van der Waals surface area contributed by atoms with Gasteiger partial charge in [-0.25, -0.2) is 0 Å². The van der Waals surface area contributed by atoms with Crippen LogP contribution in [0, 0.1) is 6.92 Å². The van der Waals surface area contributed by atoms with E-state index in [0.29, 0.717) is 5.69 Å². The smallest absolute Gasteiger partial charge is 0.255 e. The van der Waals surface area contributed by atoms with E-state index in [1.54, 1.807) is 24.3 Å². The number of rotatable bonds is 3. The molecule has 0 aliphatic heterocycles. The van der Waals surface area contributed by atoms with Crippen LogP contribution in [0.1, 0.15) is 21.6 Å². The van der Waals surface area contributed by atoms with Gasteiger partial charge in [-0.05, 0) is 24.6 Å². The lowest BCUT2D eigenvalue weighted by Gasteiger charge is -2.05. The van der Waals surface area contributed by atoms with Crippen LogP contribution in [-0.4, -0.2) is 16.2 Å². The second-order valence-corrected chi connectivity index (χ2v) is 3.69. The van der Waals surface area contributed by atoms with Gasteiger partial charge in [-0.1, -0.05) is 11.2 Å². The molecular formula is C12H12N2O3. The maximum atomic E-state index is 11.7. The van der Waals surface area contributed by atoms with Gasteiger partial charge in [-0.2, -0.15) is 0 Å². The molecule has 2 rings (SSSR count). The minimum atomic E-state index is -0.342. The summed E-state index contributed by atoms with van der Waals surface area (Å²) in [7, 11) is 0. The largest absolute Gasteiger partial charge is 0.507 e. The summed E-state index contributed by atoms with van der Waals surface area (Å²) < 4.78 is 4.64. The number of nitrogens with zero attached hydrogens (tertiary/aromatic N) is 1. The Morgan fingerprint density at radius 2 is 2.29 bits per heavy atom. The molecule has 17 heavy (non-hydrogen) atoms. The fraction of sp³-hybridized carbons (Fsp3) is 0.167. The summed E-state index contributed by atoms with van der Waals surface area (Å²) in [6, 6.07) is 6.56. The SMILES string of the molecule is Cc1ccc(C(=O)NCc2ccon2)c(O)c1. The zero-order chi connectivity index (χ0) is 12.3. The van der Waals surface area contributed by atoms with Crippen molar-refractivity contribution in [3.8, 4) is 5.75 Å². The van der Waals surface area contributed by atoms with Crippen LogP contribution in [0.25, 0.3) is 0 Å². The third kappa shape index (κ3) is 2.63. The van der Waals surface area contributed by atoms with Gasteiger partial charge in [0.2, 0.25) is 0 Å². The number of phenols is 1. The van der Waals surface area contributed by atoms with Gasteiger partial charge < -0.3 is 14.9 Å². The van der Waals surface area contributed by atoms with Gasteiger partial charge in [-0.3, -0.25) is 4.79 Å². The summed E-state index contributed by atoms with van der Waals surface area (Å²) in [5, 5.41) is 15.9. The first kappa shape index (κ1) is 11.2. The third-order valence-corrected chi connectivity index (χ3v) is 2.32. The molecule has 0 radical (unpaired) electrons. The average molecular weight is 232 g/mol. The van der Waals surface area contributed by atoms with Gasteiger partial charge in [0, 0.05) is 6.07 Å². The van der Waals surface area contributed by atoms with Crippen molar-refractivity contribution < 1.29 is 14.4 Å². The molecular weight excluding hydrogens is 220 g/mol. The highest BCUT2D eigenvalue weighted by atomic mass is 16.5. The normalized spacial score (nSPS) is 10.2. The van der Waals surface area contributed by atoms with Crippen molar-refractivity contribution in [1.29, 1.82) is 0 Å². The summed E-state index contributed by atoms with van der Waals surface area (Å²) in [6.07, 6.45) is 1.44. The number of carbonyl (C=O) groups is 1. The Hall–Kier alpha value is -2.30. The van der Waals surface area contributed by atoms with Gasteiger partial charge >= 0.3 is 0 Å². The van der Waals surface area contributed by atoms with Crippen molar-refractivity contribution in [2.75, 3.05) is 0 Å². The number of hydrogen-bond acceptors (Lipinski definition) is 4. The van der Waals surface area contributed by atoms with Gasteiger partial charge in [0.1, 0.15) is 17.7 Å². The minimum absolute atomic E-state index is 0.0253. The van der Waals surface area contributed by atoms with Crippen LogP contribution in [-0.2, 0) is 6.54 Å². The van der Waals surface area contributed by atoms with Crippen LogP contribution in [0.5, 0.6) is 5.75 Å². The highest BCUT2D eigenvalue weighted by Crippen LogP contribution is 2.18. The van der Waals surface area contributed by atoms with E-state index < -0.39 is 0 Å². The number of benzene rings is 1. The molecule has 0 aliphatic rings. The van der Waals surface area contributed by atoms with E-state index in [-0.39, 0.29) is 23.8 Å². The Kier molecular flexibility index (Phi) is 3.09. The fourth-order valence-corrected chi connectivity index (χ4v) is 1.43. The number of phenolic OH excluding ortho intramolecular Hbond substituents is 1. The molecule has 1 aromatic carbocycles. The fourth-order valence-electron chi connectivity index (χ4n) is 1.43. The molecule has 2 aromatic rings. The maximum Gasteiger partial charge on any atom is 0.255 e. The van der Waals surface area contributed by atoms with E-state index in [4.69, 9.17) is 0 Å². The molecule has 0 unspecified atom stereocenters. The lowest BCUT2D eigenvalue weighted by Crippen LogP contribution is -2.23. The van der Waals surface area contributed by atoms with Crippen molar-refractivity contribution in [2.45, 2.75) is 13.5 Å². The number of nitrogens with one attached hydrogen (secondary N) is 1. The number of amides is 1. The number of aromatic hydroxyl groups is 1. The van der Waals surface area contributed by atoms with E-state index in [1.165, 1.54) is 6.26 Å². The van der Waals surface area contributed by atoms with E-state index in [2.05, 4.69) is 15.0 Å². The van der Waals surface area contributed by atoms with Crippen molar-refractivity contribution in [2.24, 2.45) is 0 Å². The van der Waals surface area contributed by atoms with Crippen LogP contribution in [0.15, 0.2) is 35.1 Å². The molecule has 0 atom stereocenters. The summed E-state index contributed by atoms with van der Waals surface area (Å²) in [5.41, 5.74) is 1.78. The second kappa shape index (κ2) is 4.69. The molecule has 2 N–H and O–H groups in total. The van der Waals surface area contributed by atoms with Crippen LogP contribution < -0.4 is 5.32 Å². The van der Waals surface area contributed by atoms with Crippen LogP contribution in [0.2, 0.25) is 0 Å². The van der Waals surface area contributed by atoms with Gasteiger partial charge in [0.05, 0.1) is 12.1 Å². The number of hydrogen-bond donors (Lipinski definition) is 2. The predicted molar refractivity (Wildman–Crippen MR) is 60.5 cm³/mol. The highest BCUT2D eigenvalue weighted by Gasteiger charge is 2.10. The number of aryl methyl sites for hydroxylation is 1. The summed E-state index contributed by atoms with van der Waals surface area (Å²) in [6.45, 7) is 2.11. The molecule has 1 heterocycles. The van der Waals surface area contributed by atoms with Gasteiger partial charge in [0.25, 0.3) is 5.91 Å². The Bertz CT molecular complexity index is 521. The van der Waals surface area contributed by atoms with Crippen molar-refractivity contribution in [3.63, 3.8) is 0 Å². The third-order valence-electron chi connectivity index (χ3n) is 2.32. The molecule has 5 heteroatoms.